The maximum Gasteiger partial charge on any atom is 0.120 e. The molecule has 2 fully saturated rings. The molecule has 1 aromatic rings. The summed E-state index contributed by atoms with van der Waals surface area (Å²) in [5, 5.41) is 24.7. The number of alkyl halides is 1. The molecule has 2 aliphatic rings. The fourth-order valence-electron chi connectivity index (χ4n) is 5.33. The van der Waals surface area contributed by atoms with Crippen LogP contribution in [0.3, 0.4) is 0 Å². The molecule has 0 bridgehead atoms. The Morgan fingerprint density at radius 1 is 0.533 bits per heavy atom. The van der Waals surface area contributed by atoms with Gasteiger partial charge in [0.1, 0.15) is 12.4 Å². The van der Waals surface area contributed by atoms with Crippen LogP contribution in [0.2, 0.25) is 0 Å². The van der Waals surface area contributed by atoms with E-state index in [9.17, 15) is 0 Å². The summed E-state index contributed by atoms with van der Waals surface area (Å²) in [5.41, 5.74) is 2.61. The van der Waals surface area contributed by atoms with Crippen molar-refractivity contribution in [2.24, 2.45) is 0 Å². The van der Waals surface area contributed by atoms with Crippen LogP contribution in [0.4, 0.5) is 0 Å². The zero-order valence-electron chi connectivity index (χ0n) is 27.6. The van der Waals surface area contributed by atoms with Crippen molar-refractivity contribution >= 4 is 22.6 Å². The van der Waals surface area contributed by atoms with Gasteiger partial charge in [-0.15, -0.1) is 0 Å². The smallest absolute Gasteiger partial charge is 0.120 e. The Labute approximate surface area is 286 Å². The third-order valence-corrected chi connectivity index (χ3v) is 8.27. The minimum absolute atomic E-state index is 0.525. The van der Waals surface area contributed by atoms with Gasteiger partial charge in [-0.25, -0.2) is 0 Å². The number of halogens is 1. The summed E-state index contributed by atoms with van der Waals surface area (Å²) in [7, 11) is 0. The molecule has 3 rings (SSSR count). The summed E-state index contributed by atoms with van der Waals surface area (Å²) in [5.74, 6) is 0.928. The zero-order chi connectivity index (χ0) is 31.5. The lowest BCUT2D eigenvalue weighted by molar-refractivity contribution is 0.0374. The van der Waals surface area contributed by atoms with Crippen LogP contribution in [-0.4, -0.2) is 165 Å². The van der Waals surface area contributed by atoms with Crippen molar-refractivity contribution in [1.29, 1.82) is 0 Å². The maximum absolute atomic E-state index is 6.28. The third kappa shape index (κ3) is 20.3. The van der Waals surface area contributed by atoms with Crippen LogP contribution >= 0.6 is 22.6 Å². The lowest BCUT2D eigenvalue weighted by Gasteiger charge is -2.26. The lowest BCUT2D eigenvalue weighted by atomic mass is 10.1. The molecule has 2 aliphatic heterocycles. The molecule has 45 heavy (non-hydrogen) atoms. The number of benzene rings is 1. The van der Waals surface area contributed by atoms with Crippen LogP contribution in [0.25, 0.3) is 0 Å². The van der Waals surface area contributed by atoms with E-state index in [0.29, 0.717) is 33.0 Å². The summed E-state index contributed by atoms with van der Waals surface area (Å²) in [6.07, 6.45) is 0. The normalized spacial score (nSPS) is 19.6. The fourth-order valence-corrected chi connectivity index (χ4v) is 5.71. The Morgan fingerprint density at radius 2 is 0.956 bits per heavy atom. The van der Waals surface area contributed by atoms with Crippen LogP contribution in [0, 0.1) is 0 Å². The Morgan fingerprint density at radius 3 is 1.42 bits per heavy atom. The van der Waals surface area contributed by atoms with Gasteiger partial charge in [0.15, 0.2) is 0 Å². The topological polar surface area (TPSA) is 118 Å². The number of hydrogen-bond acceptors (Lipinski definition) is 12. The second-order valence-electron chi connectivity index (χ2n) is 11.5. The van der Waals surface area contributed by atoms with Crippen molar-refractivity contribution in [3.05, 3.63) is 29.3 Å². The largest absolute Gasteiger partial charge is 0.491 e. The summed E-state index contributed by atoms with van der Waals surface area (Å²) in [6.45, 7) is 22.8. The standard InChI is InChI=1S/C32H62IN9O3/c33-1-2-34-15-20-43-21-22-44-23-24-45-32-26-30(28-41-16-11-37-7-3-35-4-8-38-12-17-41)25-31(27-32)29-42-18-13-39-9-5-36-6-10-40-14-19-42/h25-27,34-40H,1-24,28-29H2. The highest BCUT2D eigenvalue weighted by molar-refractivity contribution is 14.1. The van der Waals surface area contributed by atoms with Gasteiger partial charge < -0.3 is 51.4 Å². The van der Waals surface area contributed by atoms with Gasteiger partial charge in [-0.2, -0.15) is 0 Å². The molecule has 0 amide bonds. The molecule has 0 aromatic heterocycles. The van der Waals surface area contributed by atoms with E-state index in [2.05, 4.69) is 87.8 Å². The second kappa shape index (κ2) is 27.3. The van der Waals surface area contributed by atoms with Gasteiger partial charge in [-0.3, -0.25) is 9.80 Å². The van der Waals surface area contributed by atoms with Gasteiger partial charge in [0.05, 0.1) is 26.4 Å². The fraction of sp³-hybridized carbons (Fsp3) is 0.812. The molecule has 0 unspecified atom stereocenters. The zero-order valence-corrected chi connectivity index (χ0v) is 29.8. The summed E-state index contributed by atoms with van der Waals surface area (Å²) in [4.78, 5) is 5.10. The first kappa shape index (κ1) is 38.8. The molecule has 2 saturated heterocycles. The highest BCUT2D eigenvalue weighted by atomic mass is 127. The number of nitrogens with zero attached hydrogens (tertiary/aromatic N) is 2. The molecule has 2 heterocycles. The van der Waals surface area contributed by atoms with Crippen molar-refractivity contribution in [2.45, 2.75) is 13.1 Å². The highest BCUT2D eigenvalue weighted by Crippen LogP contribution is 2.20. The SMILES string of the molecule is ICCNCCOCCOCCOc1cc(CN2CCNCCNCCNCC2)cc(CN2CCNCCNCCNCC2)c1. The van der Waals surface area contributed by atoms with E-state index in [4.69, 9.17) is 14.2 Å². The van der Waals surface area contributed by atoms with Gasteiger partial charge in [0, 0.05) is 135 Å². The van der Waals surface area contributed by atoms with E-state index in [1.54, 1.807) is 0 Å². The summed E-state index contributed by atoms with van der Waals surface area (Å²) in [6, 6.07) is 6.84. The van der Waals surface area contributed by atoms with Crippen molar-refractivity contribution in [3.8, 4) is 5.75 Å². The third-order valence-electron chi connectivity index (χ3n) is 7.73. The molecule has 1 aromatic carbocycles. The van der Waals surface area contributed by atoms with Gasteiger partial charge in [-0.1, -0.05) is 28.7 Å². The lowest BCUT2D eigenvalue weighted by Crippen LogP contribution is -2.41. The van der Waals surface area contributed by atoms with Gasteiger partial charge in [-0.05, 0) is 23.3 Å². The average molecular weight is 748 g/mol. The molecule has 7 N–H and O–H groups in total. The van der Waals surface area contributed by atoms with Gasteiger partial charge >= 0.3 is 0 Å². The predicted molar refractivity (Wildman–Crippen MR) is 193 cm³/mol. The minimum atomic E-state index is 0.525. The van der Waals surface area contributed by atoms with E-state index in [1.165, 1.54) is 11.1 Å². The van der Waals surface area contributed by atoms with Crippen LogP contribution in [0.1, 0.15) is 11.1 Å². The Hall–Kier alpha value is -0.690. The molecule has 0 aliphatic carbocycles. The van der Waals surface area contributed by atoms with Crippen molar-refractivity contribution < 1.29 is 14.2 Å². The van der Waals surface area contributed by atoms with E-state index >= 15 is 0 Å². The first-order valence-electron chi connectivity index (χ1n) is 17.2. The second-order valence-corrected chi connectivity index (χ2v) is 12.6. The number of rotatable bonds is 16. The van der Waals surface area contributed by atoms with Crippen LogP contribution < -0.4 is 42.0 Å². The number of hydrogen-bond donors (Lipinski definition) is 7. The highest BCUT2D eigenvalue weighted by Gasteiger charge is 2.12. The Kier molecular flexibility index (Phi) is 23.5. The first-order valence-corrected chi connectivity index (χ1v) is 18.7. The molecule has 260 valence electrons. The molecule has 0 radical (unpaired) electrons. The maximum atomic E-state index is 6.28. The van der Waals surface area contributed by atoms with E-state index < -0.39 is 0 Å². The minimum Gasteiger partial charge on any atom is -0.491 e. The van der Waals surface area contributed by atoms with Crippen molar-refractivity contribution in [3.63, 3.8) is 0 Å². The molecule has 0 saturated carbocycles. The molecular formula is C32H62IN9O3. The first-order chi connectivity index (χ1) is 22.3. The predicted octanol–water partition coefficient (Wildman–Crippen LogP) is -0.708. The van der Waals surface area contributed by atoms with E-state index in [1.807, 2.05) is 0 Å². The van der Waals surface area contributed by atoms with Crippen LogP contribution in [0.5, 0.6) is 5.75 Å². The molecule has 13 heteroatoms. The summed E-state index contributed by atoms with van der Waals surface area (Å²) >= 11 is 2.37. The molecular weight excluding hydrogens is 685 g/mol. The summed E-state index contributed by atoms with van der Waals surface area (Å²) < 4.78 is 18.8. The Balaban J connectivity index is 1.57. The van der Waals surface area contributed by atoms with Gasteiger partial charge in [0.2, 0.25) is 0 Å². The van der Waals surface area contributed by atoms with E-state index in [0.717, 1.165) is 141 Å². The van der Waals surface area contributed by atoms with E-state index in [-0.39, 0.29) is 0 Å². The van der Waals surface area contributed by atoms with Crippen LogP contribution in [0.15, 0.2) is 18.2 Å². The Bertz CT molecular complexity index is 771. The number of ether oxygens (including phenoxy) is 3. The molecule has 12 nitrogen and oxygen atoms in total. The molecule has 0 spiro atoms. The van der Waals surface area contributed by atoms with Crippen molar-refractivity contribution in [2.75, 3.05) is 155 Å². The average Bonchev–Trinajstić information content (AvgIpc) is 3.02. The quantitative estimate of drug-likeness (QED) is 0.0659. The number of nitrogens with one attached hydrogen (secondary N) is 7. The van der Waals surface area contributed by atoms with Crippen molar-refractivity contribution in [1.82, 2.24) is 47.0 Å². The molecule has 0 atom stereocenters. The van der Waals surface area contributed by atoms with Gasteiger partial charge in [0.25, 0.3) is 0 Å². The monoisotopic (exact) mass is 747 g/mol. The van der Waals surface area contributed by atoms with Crippen LogP contribution in [-0.2, 0) is 22.6 Å².